The largest absolute Gasteiger partial charge is 0.397 e. The lowest BCUT2D eigenvalue weighted by Gasteiger charge is -2.40. The number of aromatic nitrogens is 11. The van der Waals surface area contributed by atoms with Gasteiger partial charge in [0.15, 0.2) is 0 Å². The highest BCUT2D eigenvalue weighted by Gasteiger charge is 2.50. The zero-order chi connectivity index (χ0) is 103. The fraction of sp³-hybridized carbons (Fsp3) is 0.416. The maximum atomic E-state index is 13.2. The van der Waals surface area contributed by atoms with Crippen LogP contribution in [-0.2, 0) is 46.5 Å². The van der Waals surface area contributed by atoms with Crippen LogP contribution in [0.1, 0.15) is 204 Å². The van der Waals surface area contributed by atoms with Gasteiger partial charge in [-0.15, -0.1) is 82.2 Å². The first-order valence-electron chi connectivity index (χ1n) is 47.0. The zero-order valence-electron chi connectivity index (χ0n) is 82.2. The number of halogens is 6. The molecule has 14 aromatic rings. The summed E-state index contributed by atoms with van der Waals surface area (Å²) in [4.78, 5) is 95.0. The first-order valence-corrected chi connectivity index (χ1v) is 51.1. The van der Waals surface area contributed by atoms with Crippen molar-refractivity contribution >= 4 is 177 Å². The Labute approximate surface area is 842 Å². The topological polar surface area (TPSA) is 445 Å². The highest BCUT2D eigenvalue weighted by Crippen LogP contribution is 2.46. The van der Waals surface area contributed by atoms with E-state index in [-0.39, 0.29) is 71.6 Å². The fourth-order valence-corrected chi connectivity index (χ4v) is 22.9. The standard InChI is InChI=1S/C21H24N6OS.C21H25N5O2S.2C20H21F3N4OS.C19H25N5O2S/c1-11-5-4-6-16(23-11)26-7-14-9-27(10-15(14)8-26)21(28)19-18(22)17-12(2)13(3)24-25-20(17)29-19;1-13-14(2)24-25-21-17(13)18(22)19(29-21)20(27)23-11-15-3-5-16(6-4-15)12-26-7-9-28-10-8-26;2*1-10-11(2)26-27-18-14(10)15(24)16(29-18)17(28)25-9-12-5-7-13(8-6-12)19(3,4)20(21,22)23;1-10-11(2)22-23-18-14(10)15(20)16(27-18)19(26)24-8-13(9-24)21-17(25)12-6-4-3-5-7-12/h4-6,14-15H,7-10,22H2,1-3H3;3-6H,7-12,22H2,1-2H3,(H,23,27);2*5-8H,9,24H2,1-4H3,(H,25,28);12-13H,3-9,20H2,1-2H3,(H,21,25). The van der Waals surface area contributed by atoms with E-state index in [1.54, 1.807) is 29.2 Å². The minimum atomic E-state index is -4.35. The molecule has 1 aliphatic carbocycles. The second-order valence-corrected chi connectivity index (χ2v) is 43.1. The summed E-state index contributed by atoms with van der Waals surface area (Å²) in [6.07, 6.45) is -3.21. The van der Waals surface area contributed by atoms with Crippen molar-refractivity contribution in [2.45, 2.75) is 191 Å². The minimum absolute atomic E-state index is 0.0252. The summed E-state index contributed by atoms with van der Waals surface area (Å²) < 4.78 is 84.4. The third kappa shape index (κ3) is 22.4. The van der Waals surface area contributed by atoms with Crippen molar-refractivity contribution < 1.29 is 59.8 Å². The summed E-state index contributed by atoms with van der Waals surface area (Å²) in [6, 6.07) is 26.6. The van der Waals surface area contributed by atoms with E-state index in [2.05, 4.69) is 123 Å². The number of anilines is 6. The normalized spacial score (nSPS) is 15.9. The Balaban J connectivity index is 0.000000135. The van der Waals surface area contributed by atoms with Gasteiger partial charge in [0.25, 0.3) is 29.5 Å². The Bertz CT molecular complexity index is 6960. The van der Waals surface area contributed by atoms with Gasteiger partial charge in [0.1, 0.15) is 54.4 Å². The Hall–Kier alpha value is -12.9. The molecule has 42 heteroatoms. The van der Waals surface area contributed by atoms with Crippen LogP contribution >= 0.6 is 56.7 Å². The molecule has 0 radical (unpaired) electrons. The predicted octanol–water partition coefficient (Wildman–Crippen LogP) is 17.2. The molecule has 19 rings (SSSR count). The van der Waals surface area contributed by atoms with Crippen molar-refractivity contribution in [3.8, 4) is 0 Å². The fourth-order valence-electron chi connectivity index (χ4n) is 17.8. The lowest BCUT2D eigenvalue weighted by Crippen LogP contribution is -2.61. The maximum absolute atomic E-state index is 13.2. The average molecular weight is 2050 g/mol. The van der Waals surface area contributed by atoms with E-state index < -0.39 is 23.2 Å². The van der Waals surface area contributed by atoms with E-state index in [0.717, 1.165) is 240 Å². The summed E-state index contributed by atoms with van der Waals surface area (Å²) in [5, 5.41) is 56.9. The monoisotopic (exact) mass is 2050 g/mol. The number of morpholine rings is 1. The molecule has 5 aliphatic rings. The summed E-state index contributed by atoms with van der Waals surface area (Å²) in [6.45, 7) is 35.3. The van der Waals surface area contributed by atoms with Crippen LogP contribution in [0.3, 0.4) is 0 Å². The van der Waals surface area contributed by atoms with E-state index in [1.165, 1.54) is 70.3 Å². The number of thiophene rings is 5. The van der Waals surface area contributed by atoms with Gasteiger partial charge < -0.3 is 69.4 Å². The molecule has 0 bridgehead atoms. The Kier molecular flexibility index (Phi) is 31.4. The molecule has 2 atom stereocenters. The molecule has 3 aromatic carbocycles. The minimum Gasteiger partial charge on any atom is -0.397 e. The smallest absolute Gasteiger partial charge is 0.397 e. The van der Waals surface area contributed by atoms with Crippen LogP contribution in [0, 0.1) is 93.9 Å². The van der Waals surface area contributed by atoms with Gasteiger partial charge in [-0.1, -0.05) is 98.1 Å². The summed E-state index contributed by atoms with van der Waals surface area (Å²) >= 11 is 6.26. The lowest BCUT2D eigenvalue weighted by atomic mass is 9.83. The van der Waals surface area contributed by atoms with E-state index in [1.807, 2.05) is 87.1 Å². The zero-order valence-corrected chi connectivity index (χ0v) is 86.2. The highest BCUT2D eigenvalue weighted by molar-refractivity contribution is 7.23. The molecule has 0 spiro atoms. The molecule has 4 aliphatic heterocycles. The molecule has 4 saturated heterocycles. The van der Waals surface area contributed by atoms with Crippen molar-refractivity contribution in [2.75, 3.05) is 99.1 Å². The van der Waals surface area contributed by atoms with Crippen molar-refractivity contribution in [3.05, 3.63) is 211 Å². The number of aryl methyl sites for hydroxylation is 11. The van der Waals surface area contributed by atoms with E-state index in [4.69, 9.17) is 33.4 Å². The van der Waals surface area contributed by atoms with E-state index in [9.17, 15) is 55.1 Å². The Morgan fingerprint density at radius 2 is 0.713 bits per heavy atom. The number of carbonyl (C=O) groups is 6. The maximum Gasteiger partial charge on any atom is 0.397 e. The molecule has 1 saturated carbocycles. The number of ether oxygens (including phenoxy) is 1. The van der Waals surface area contributed by atoms with E-state index in [0.29, 0.717) is 115 Å². The van der Waals surface area contributed by atoms with Crippen LogP contribution in [0.15, 0.2) is 91.0 Å². The second-order valence-electron chi connectivity index (χ2n) is 38.1. The number of fused-ring (bicyclic) bond motifs is 6. The number of hydrogen-bond acceptors (Lipinski definition) is 30. The average Bonchev–Trinajstić information content (AvgIpc) is 1.63. The van der Waals surface area contributed by atoms with Gasteiger partial charge in [0.2, 0.25) is 5.91 Å². The van der Waals surface area contributed by atoms with Crippen LogP contribution < -0.4 is 54.8 Å². The number of nitrogens with one attached hydrogen (secondary N) is 4. The number of benzene rings is 3. The van der Waals surface area contributed by atoms with Crippen molar-refractivity contribution in [2.24, 2.45) is 17.8 Å². The van der Waals surface area contributed by atoms with Gasteiger partial charge in [-0.2, -0.15) is 51.8 Å². The summed E-state index contributed by atoms with van der Waals surface area (Å²) in [5.41, 5.74) is 43.3. The molecular formula is C101H116F6N24O7S5. The Morgan fingerprint density at radius 3 is 1.05 bits per heavy atom. The van der Waals surface area contributed by atoms with Crippen molar-refractivity contribution in [1.82, 2.24) is 91.9 Å². The molecule has 143 heavy (non-hydrogen) atoms. The molecule has 6 amide bonds. The Morgan fingerprint density at radius 1 is 0.399 bits per heavy atom. The molecule has 5 fully saturated rings. The number of carbonyl (C=O) groups excluding carboxylic acids is 6. The molecule has 15 heterocycles. The van der Waals surface area contributed by atoms with Crippen molar-refractivity contribution in [1.29, 1.82) is 0 Å². The number of rotatable bonds is 18. The number of nitrogen functional groups attached to an aromatic ring is 5. The van der Waals surface area contributed by atoms with Gasteiger partial charge in [-0.05, 0) is 190 Å². The number of nitrogens with zero attached hydrogens (tertiary/aromatic N) is 15. The van der Waals surface area contributed by atoms with Gasteiger partial charge in [0, 0.05) is 129 Å². The van der Waals surface area contributed by atoms with E-state index >= 15 is 0 Å². The number of amides is 6. The van der Waals surface area contributed by atoms with Crippen LogP contribution in [-0.4, -0.2) is 190 Å². The molecular weight excluding hydrogens is 1940 g/mol. The van der Waals surface area contributed by atoms with Gasteiger partial charge >= 0.3 is 12.4 Å². The van der Waals surface area contributed by atoms with Crippen LogP contribution in [0.4, 0.5) is 60.6 Å². The van der Waals surface area contributed by atoms with Gasteiger partial charge in [-0.3, -0.25) is 33.7 Å². The number of nitrogens with two attached hydrogens (primary N) is 5. The van der Waals surface area contributed by atoms with Gasteiger partial charge in [0.05, 0.1) is 87.0 Å². The summed E-state index contributed by atoms with van der Waals surface area (Å²) in [5.74, 6) is 1.31. The number of hydrogen-bond donors (Lipinski definition) is 9. The summed E-state index contributed by atoms with van der Waals surface area (Å²) in [7, 11) is 0. The van der Waals surface area contributed by atoms with Crippen LogP contribution in [0.5, 0.6) is 0 Å². The lowest BCUT2D eigenvalue weighted by molar-refractivity contribution is -0.180. The molecule has 2 unspecified atom stereocenters. The first kappa shape index (κ1) is 104. The second kappa shape index (κ2) is 43.0. The number of likely N-dealkylation sites (tertiary alicyclic amines) is 2. The highest BCUT2D eigenvalue weighted by atomic mass is 32.1. The predicted molar refractivity (Wildman–Crippen MR) is 552 cm³/mol. The number of alkyl halides is 6. The molecule has 11 aromatic heterocycles. The molecule has 14 N–H and O–H groups in total. The molecule has 754 valence electrons. The third-order valence-corrected chi connectivity index (χ3v) is 33.2. The first-order chi connectivity index (χ1) is 67.8. The van der Waals surface area contributed by atoms with Crippen LogP contribution in [0.2, 0.25) is 0 Å². The molecule has 31 nitrogen and oxygen atoms in total. The van der Waals surface area contributed by atoms with Gasteiger partial charge in [-0.25, -0.2) is 4.98 Å². The SMILES string of the molecule is Cc1cccc(N2CC3CN(C(=O)c4sc5nnc(C)c(C)c5c4N)CC3C2)n1.Cc1nnc2sc(C(=O)N3CC(NC(=O)C4CCCCC4)C3)c(N)c2c1C.Cc1nnc2sc(C(=O)NCc3ccc(C(C)(C)C(F)(F)F)cc3)c(N)c2c1C.Cc1nnc2sc(C(=O)NCc3ccc(C(C)(C)C(F)(F)F)cc3)c(N)c2c1C.Cc1nnc2sc(C(=O)NCc3ccc(CN4CCOCC4)cc3)c(N)c2c1C. The van der Waals surface area contributed by atoms with Crippen LogP contribution in [0.25, 0.3) is 51.1 Å². The van der Waals surface area contributed by atoms with Crippen molar-refractivity contribution in [3.63, 3.8) is 0 Å². The quantitative estimate of drug-likeness (QED) is 0.0360. The number of pyridine rings is 1. The third-order valence-electron chi connectivity index (χ3n) is 27.8.